The molecule has 2 fully saturated rings. The lowest BCUT2D eigenvalue weighted by Crippen LogP contribution is -2.44. The maximum absolute atomic E-state index is 14.7. The Labute approximate surface area is 264 Å². The zero-order valence-corrected chi connectivity index (χ0v) is 26.7. The van der Waals surface area contributed by atoms with Gasteiger partial charge in [-0.1, -0.05) is 30.2 Å². The molecule has 1 atom stereocenters. The predicted molar refractivity (Wildman–Crippen MR) is 168 cm³/mol. The van der Waals surface area contributed by atoms with E-state index in [0.29, 0.717) is 68.1 Å². The number of hydrogen-bond donors (Lipinski definition) is 1. The number of methoxy groups -OCH3 is 1. The Morgan fingerprint density at radius 2 is 1.82 bits per heavy atom. The minimum Gasteiger partial charge on any atom is -0.598 e. The maximum atomic E-state index is 14.7. The lowest BCUT2D eigenvalue weighted by Gasteiger charge is -2.37. The summed E-state index contributed by atoms with van der Waals surface area (Å²) in [6, 6.07) is 14.1. The molecule has 44 heavy (non-hydrogen) atoms. The molecule has 0 aromatic heterocycles. The van der Waals surface area contributed by atoms with Gasteiger partial charge in [-0.3, -0.25) is 9.52 Å². The minimum absolute atomic E-state index is 0.0561. The zero-order valence-electron chi connectivity index (χ0n) is 24.3. The number of halogens is 2. The molecule has 6 rings (SSSR count). The first kappa shape index (κ1) is 31.0. The van der Waals surface area contributed by atoms with Gasteiger partial charge in [0, 0.05) is 48.4 Å². The largest absolute Gasteiger partial charge is 0.598 e. The summed E-state index contributed by atoms with van der Waals surface area (Å²) in [5.41, 5.74) is 1.59. The van der Waals surface area contributed by atoms with Crippen molar-refractivity contribution in [3.8, 4) is 11.5 Å². The highest BCUT2D eigenvalue weighted by molar-refractivity contribution is 7.92. The van der Waals surface area contributed by atoms with Crippen molar-refractivity contribution < 1.29 is 31.6 Å². The van der Waals surface area contributed by atoms with E-state index in [9.17, 15) is 22.2 Å². The van der Waals surface area contributed by atoms with Gasteiger partial charge in [-0.15, -0.1) is 4.31 Å². The number of carbonyl (C=O) groups excluding carboxylic acids is 1. The molecule has 3 aromatic carbocycles. The van der Waals surface area contributed by atoms with Gasteiger partial charge in [-0.05, 0) is 60.4 Å². The summed E-state index contributed by atoms with van der Waals surface area (Å²) in [5, 5.41) is 0.0787. The number of nitrogens with one attached hydrogen (secondary N) is 1. The number of nitrogens with zero attached hydrogens (tertiary/aromatic N) is 2. The van der Waals surface area contributed by atoms with Gasteiger partial charge in [0.1, 0.15) is 34.6 Å². The molecule has 234 valence electrons. The average Bonchev–Trinajstić information content (AvgIpc) is 3.21. The van der Waals surface area contributed by atoms with Crippen LogP contribution >= 0.6 is 11.6 Å². The van der Waals surface area contributed by atoms with E-state index in [0.717, 1.165) is 24.1 Å². The Morgan fingerprint density at radius 1 is 1.11 bits per heavy atom. The molecule has 3 aliphatic rings. The topological polar surface area (TPSA) is 111 Å². The molecule has 2 heterocycles. The fourth-order valence-corrected chi connectivity index (χ4v) is 8.23. The second kappa shape index (κ2) is 12.1. The standard InChI is InChI=1S/C31H33ClFN3O6S2/c1-41-23-7-4-20(5-8-23)19-36-29-25(31(30(36)37)12-3-13-31)17-22(34-44(39,40)28-9-6-21(32)16-26(28)33)18-27(29)42-24-10-14-35(15-11-24)43(2)38/h4-9,16-18,24,34H,3,10-15,19H2,1-2H3. The van der Waals surface area contributed by atoms with E-state index in [1.54, 1.807) is 30.4 Å². The van der Waals surface area contributed by atoms with Gasteiger partial charge in [-0.25, -0.2) is 12.8 Å². The fourth-order valence-electron chi connectivity index (χ4n) is 6.24. The summed E-state index contributed by atoms with van der Waals surface area (Å²) in [7, 11) is -2.75. The van der Waals surface area contributed by atoms with E-state index in [2.05, 4.69) is 4.72 Å². The molecule has 1 aliphatic carbocycles. The van der Waals surface area contributed by atoms with Crippen LogP contribution in [0.15, 0.2) is 59.5 Å². The quantitative estimate of drug-likeness (QED) is 0.306. The van der Waals surface area contributed by atoms with Gasteiger partial charge < -0.3 is 18.9 Å². The molecule has 1 N–H and O–H groups in total. The first-order valence-corrected chi connectivity index (χ1v) is 17.7. The Morgan fingerprint density at radius 3 is 2.41 bits per heavy atom. The van der Waals surface area contributed by atoms with Crippen LogP contribution < -0.4 is 19.1 Å². The van der Waals surface area contributed by atoms with Crippen molar-refractivity contribution in [1.82, 2.24) is 4.31 Å². The molecule has 0 bridgehead atoms. The minimum atomic E-state index is -4.34. The van der Waals surface area contributed by atoms with Gasteiger partial charge in [0.25, 0.3) is 10.0 Å². The van der Waals surface area contributed by atoms with Crippen molar-refractivity contribution in [3.63, 3.8) is 0 Å². The SMILES string of the molecule is COc1ccc(CN2C(=O)C3(CCC3)c3cc(NS(=O)(=O)c4ccc(Cl)cc4F)cc(OC4CCN([S+](C)[O-])CC4)c32)cc1. The fraction of sp³-hybridized carbons (Fsp3) is 0.387. The molecular weight excluding hydrogens is 629 g/mol. The molecule has 1 amide bonds. The molecule has 2 aliphatic heterocycles. The van der Waals surface area contributed by atoms with Gasteiger partial charge >= 0.3 is 0 Å². The molecule has 1 spiro atoms. The number of sulfonamides is 1. The molecule has 1 saturated heterocycles. The highest BCUT2D eigenvalue weighted by Crippen LogP contribution is 2.57. The first-order chi connectivity index (χ1) is 21.0. The summed E-state index contributed by atoms with van der Waals surface area (Å²) < 4.78 is 69.6. The number of anilines is 2. The molecule has 0 radical (unpaired) electrons. The maximum Gasteiger partial charge on any atom is 0.264 e. The average molecular weight is 662 g/mol. The lowest BCUT2D eigenvalue weighted by molar-refractivity contribution is -0.126. The number of piperidine rings is 1. The Bertz CT molecular complexity index is 1680. The molecule has 9 nitrogen and oxygen atoms in total. The van der Waals surface area contributed by atoms with Crippen LogP contribution in [0.4, 0.5) is 15.8 Å². The monoisotopic (exact) mass is 661 g/mol. The van der Waals surface area contributed by atoms with E-state index in [-0.39, 0.29) is 22.7 Å². The number of carbonyl (C=O) groups is 1. The normalized spacial score (nSPS) is 19.0. The lowest BCUT2D eigenvalue weighted by atomic mass is 9.65. The number of fused-ring (bicyclic) bond motifs is 2. The van der Waals surface area contributed by atoms with Crippen LogP contribution in [0, 0.1) is 5.82 Å². The van der Waals surface area contributed by atoms with Crippen molar-refractivity contribution in [2.75, 3.05) is 36.1 Å². The summed E-state index contributed by atoms with van der Waals surface area (Å²) in [6.45, 7) is 1.45. The zero-order chi connectivity index (χ0) is 31.2. The van der Waals surface area contributed by atoms with Gasteiger partial charge in [-0.2, -0.15) is 0 Å². The van der Waals surface area contributed by atoms with E-state index in [1.807, 2.05) is 28.6 Å². The van der Waals surface area contributed by atoms with Crippen LogP contribution in [0.5, 0.6) is 11.5 Å². The number of ether oxygens (including phenoxy) is 2. The number of rotatable bonds is 9. The van der Waals surface area contributed by atoms with Crippen molar-refractivity contribution in [2.24, 2.45) is 0 Å². The number of benzene rings is 3. The third kappa shape index (κ3) is 5.74. The molecular formula is C31H33ClFN3O6S2. The summed E-state index contributed by atoms with van der Waals surface area (Å²) in [4.78, 5) is 15.3. The van der Waals surface area contributed by atoms with Crippen molar-refractivity contribution in [3.05, 3.63) is 76.6 Å². The Kier molecular flexibility index (Phi) is 8.48. The second-order valence-electron chi connectivity index (χ2n) is 11.4. The van der Waals surface area contributed by atoms with Crippen molar-refractivity contribution >= 4 is 50.3 Å². The summed E-state index contributed by atoms with van der Waals surface area (Å²) >= 11 is 4.76. The van der Waals surface area contributed by atoms with Crippen molar-refractivity contribution in [2.45, 2.75) is 55.1 Å². The van der Waals surface area contributed by atoms with Crippen LogP contribution in [0.25, 0.3) is 0 Å². The molecule has 3 aromatic rings. The summed E-state index contributed by atoms with van der Waals surface area (Å²) in [5.74, 6) is 0.0478. The third-order valence-electron chi connectivity index (χ3n) is 8.72. The second-order valence-corrected chi connectivity index (χ2v) is 14.8. The molecule has 1 saturated carbocycles. The predicted octanol–water partition coefficient (Wildman–Crippen LogP) is 5.39. The van der Waals surface area contributed by atoms with Gasteiger partial charge in [0.15, 0.2) is 0 Å². The number of hydrogen-bond acceptors (Lipinski definition) is 7. The van der Waals surface area contributed by atoms with E-state index in [1.165, 1.54) is 6.07 Å². The highest BCUT2D eigenvalue weighted by Gasteiger charge is 2.55. The molecule has 13 heteroatoms. The van der Waals surface area contributed by atoms with Crippen LogP contribution in [0.3, 0.4) is 0 Å². The molecule has 1 unspecified atom stereocenters. The van der Waals surface area contributed by atoms with Crippen molar-refractivity contribution in [1.29, 1.82) is 0 Å². The van der Waals surface area contributed by atoms with E-state index in [4.69, 9.17) is 21.1 Å². The van der Waals surface area contributed by atoms with Crippen LogP contribution in [-0.4, -0.2) is 55.7 Å². The smallest absolute Gasteiger partial charge is 0.264 e. The Hall–Kier alpha value is -3.03. The van der Waals surface area contributed by atoms with Crippen LogP contribution in [0.1, 0.15) is 43.2 Å². The number of amides is 1. The van der Waals surface area contributed by atoms with Crippen LogP contribution in [0.2, 0.25) is 5.02 Å². The van der Waals surface area contributed by atoms with E-state index < -0.39 is 37.5 Å². The summed E-state index contributed by atoms with van der Waals surface area (Å²) in [6.07, 6.45) is 4.73. The van der Waals surface area contributed by atoms with Gasteiger partial charge in [0.05, 0.1) is 30.4 Å². The van der Waals surface area contributed by atoms with Crippen LogP contribution in [-0.2, 0) is 38.1 Å². The van der Waals surface area contributed by atoms with Gasteiger partial charge in [0.2, 0.25) is 5.91 Å². The van der Waals surface area contributed by atoms with E-state index >= 15 is 0 Å². The Balaban J connectivity index is 1.41. The highest BCUT2D eigenvalue weighted by atomic mass is 35.5. The first-order valence-electron chi connectivity index (χ1n) is 14.4. The third-order valence-corrected chi connectivity index (χ3v) is 11.5.